The van der Waals surface area contributed by atoms with Crippen LogP contribution in [0.25, 0.3) is 0 Å². The molecule has 106 valence electrons. The molecule has 0 aromatic heterocycles. The molecule has 2 rings (SSSR count). The van der Waals surface area contributed by atoms with E-state index >= 15 is 0 Å². The van der Waals surface area contributed by atoms with E-state index in [1.54, 1.807) is 0 Å². The van der Waals surface area contributed by atoms with E-state index in [2.05, 4.69) is 11.4 Å². The first kappa shape index (κ1) is 14.4. The van der Waals surface area contributed by atoms with Crippen molar-refractivity contribution in [1.82, 2.24) is 5.32 Å². The van der Waals surface area contributed by atoms with Crippen molar-refractivity contribution in [2.24, 2.45) is 0 Å². The molecule has 0 heterocycles. The van der Waals surface area contributed by atoms with Gasteiger partial charge in [-0.05, 0) is 25.2 Å². The van der Waals surface area contributed by atoms with Gasteiger partial charge in [-0.25, -0.2) is 0 Å². The summed E-state index contributed by atoms with van der Waals surface area (Å²) < 4.78 is 11.4. The lowest BCUT2D eigenvalue weighted by molar-refractivity contribution is 0.246. The molecule has 0 aliphatic carbocycles. The highest BCUT2D eigenvalue weighted by molar-refractivity contribution is 5.33. The Morgan fingerprint density at radius 1 is 0.850 bits per heavy atom. The summed E-state index contributed by atoms with van der Waals surface area (Å²) in [5.41, 5.74) is 1.18. The van der Waals surface area contributed by atoms with Crippen LogP contribution in [0, 0.1) is 0 Å². The molecule has 0 bridgehead atoms. The Morgan fingerprint density at radius 3 is 2.35 bits per heavy atom. The van der Waals surface area contributed by atoms with Crippen LogP contribution in [0.3, 0.4) is 0 Å². The summed E-state index contributed by atoms with van der Waals surface area (Å²) in [4.78, 5) is 0. The molecule has 2 aromatic rings. The lowest BCUT2D eigenvalue weighted by Gasteiger charge is -2.11. The molecule has 0 unspecified atom stereocenters. The van der Waals surface area contributed by atoms with E-state index in [-0.39, 0.29) is 0 Å². The van der Waals surface area contributed by atoms with Crippen LogP contribution in [0.4, 0.5) is 0 Å². The van der Waals surface area contributed by atoms with Gasteiger partial charge in [-0.2, -0.15) is 0 Å². The van der Waals surface area contributed by atoms with E-state index in [0.717, 1.165) is 24.5 Å². The van der Waals surface area contributed by atoms with Gasteiger partial charge in [0, 0.05) is 18.5 Å². The molecule has 0 saturated heterocycles. The highest BCUT2D eigenvalue weighted by Gasteiger charge is 2.01. The van der Waals surface area contributed by atoms with Crippen LogP contribution >= 0.6 is 0 Å². The lowest BCUT2D eigenvalue weighted by Crippen LogP contribution is -2.09. The molecule has 0 fully saturated rings. The van der Waals surface area contributed by atoms with Gasteiger partial charge in [0.15, 0.2) is 0 Å². The minimum atomic E-state index is 0.660. The molecule has 2 aromatic carbocycles. The first-order chi connectivity index (χ1) is 9.90. The Bertz CT molecular complexity index is 499. The van der Waals surface area contributed by atoms with Crippen LogP contribution in [-0.4, -0.2) is 20.3 Å². The van der Waals surface area contributed by atoms with Crippen LogP contribution in [0.15, 0.2) is 54.6 Å². The number of benzene rings is 2. The summed E-state index contributed by atoms with van der Waals surface area (Å²) in [6.45, 7) is 2.14. The average Bonchev–Trinajstić information content (AvgIpc) is 2.50. The maximum absolute atomic E-state index is 5.81. The van der Waals surface area contributed by atoms with E-state index in [0.29, 0.717) is 13.2 Å². The predicted molar refractivity (Wildman–Crippen MR) is 81.3 cm³/mol. The van der Waals surface area contributed by atoms with Gasteiger partial charge in [0.25, 0.3) is 0 Å². The van der Waals surface area contributed by atoms with Gasteiger partial charge < -0.3 is 14.8 Å². The molecule has 1 N–H and O–H groups in total. The monoisotopic (exact) mass is 271 g/mol. The van der Waals surface area contributed by atoms with Gasteiger partial charge in [0.1, 0.15) is 11.5 Å². The predicted octanol–water partition coefficient (Wildman–Crippen LogP) is 3.25. The molecule has 0 aliphatic rings. The fraction of sp³-hybridized carbons (Fsp3) is 0.294. The second-order valence-electron chi connectivity index (χ2n) is 4.50. The summed E-state index contributed by atoms with van der Waals surface area (Å²) in [6, 6.07) is 17.9. The zero-order valence-electron chi connectivity index (χ0n) is 11.8. The number of hydrogen-bond donors (Lipinski definition) is 1. The van der Waals surface area contributed by atoms with E-state index in [1.165, 1.54) is 5.56 Å². The minimum Gasteiger partial charge on any atom is -0.493 e. The lowest BCUT2D eigenvalue weighted by atomic mass is 10.2. The van der Waals surface area contributed by atoms with Crippen molar-refractivity contribution in [1.29, 1.82) is 0 Å². The molecule has 3 heteroatoms. The van der Waals surface area contributed by atoms with Crippen molar-refractivity contribution in [3.63, 3.8) is 0 Å². The molecule has 0 amide bonds. The standard InChI is InChI=1S/C17H21NO2/c1-18-14-15-8-5-6-11-17(15)20-13-7-12-19-16-9-3-2-4-10-16/h2-6,8-11,18H,7,12-14H2,1H3. The van der Waals surface area contributed by atoms with Crippen molar-refractivity contribution in [2.75, 3.05) is 20.3 Å². The quantitative estimate of drug-likeness (QED) is 0.748. The summed E-state index contributed by atoms with van der Waals surface area (Å²) in [6.07, 6.45) is 0.864. The van der Waals surface area contributed by atoms with Gasteiger partial charge in [-0.1, -0.05) is 36.4 Å². The maximum Gasteiger partial charge on any atom is 0.123 e. The van der Waals surface area contributed by atoms with Gasteiger partial charge in [-0.3, -0.25) is 0 Å². The summed E-state index contributed by atoms with van der Waals surface area (Å²) in [5.74, 6) is 1.85. The maximum atomic E-state index is 5.81. The fourth-order valence-electron chi connectivity index (χ4n) is 1.93. The van der Waals surface area contributed by atoms with Crippen molar-refractivity contribution >= 4 is 0 Å². The van der Waals surface area contributed by atoms with Gasteiger partial charge >= 0.3 is 0 Å². The normalized spacial score (nSPS) is 10.2. The third-order valence-corrected chi connectivity index (χ3v) is 2.90. The van der Waals surface area contributed by atoms with Gasteiger partial charge in [0.2, 0.25) is 0 Å². The van der Waals surface area contributed by atoms with Crippen molar-refractivity contribution in [3.05, 3.63) is 60.2 Å². The Kier molecular flexibility index (Phi) is 5.93. The van der Waals surface area contributed by atoms with E-state index in [9.17, 15) is 0 Å². The molecule has 3 nitrogen and oxygen atoms in total. The first-order valence-corrected chi connectivity index (χ1v) is 6.93. The highest BCUT2D eigenvalue weighted by atomic mass is 16.5. The summed E-state index contributed by atoms with van der Waals surface area (Å²) in [5, 5.41) is 3.14. The van der Waals surface area contributed by atoms with Crippen molar-refractivity contribution < 1.29 is 9.47 Å². The first-order valence-electron chi connectivity index (χ1n) is 6.93. The van der Waals surface area contributed by atoms with Gasteiger partial charge in [-0.15, -0.1) is 0 Å². The van der Waals surface area contributed by atoms with Crippen LogP contribution in [-0.2, 0) is 6.54 Å². The summed E-state index contributed by atoms with van der Waals surface area (Å²) in [7, 11) is 1.93. The van der Waals surface area contributed by atoms with Crippen LogP contribution in [0.1, 0.15) is 12.0 Å². The number of nitrogens with one attached hydrogen (secondary N) is 1. The Balaban J connectivity index is 1.71. The second-order valence-corrected chi connectivity index (χ2v) is 4.50. The van der Waals surface area contributed by atoms with Crippen molar-refractivity contribution in [3.8, 4) is 11.5 Å². The third kappa shape index (κ3) is 4.59. The molecule has 0 spiro atoms. The largest absolute Gasteiger partial charge is 0.493 e. The zero-order valence-corrected chi connectivity index (χ0v) is 11.8. The summed E-state index contributed by atoms with van der Waals surface area (Å²) >= 11 is 0. The molecule has 0 atom stereocenters. The van der Waals surface area contributed by atoms with E-state index in [1.807, 2.05) is 55.6 Å². The van der Waals surface area contributed by atoms with E-state index in [4.69, 9.17) is 9.47 Å². The second kappa shape index (κ2) is 8.23. The van der Waals surface area contributed by atoms with Gasteiger partial charge in [0.05, 0.1) is 13.2 Å². The Hall–Kier alpha value is -2.00. The van der Waals surface area contributed by atoms with Crippen LogP contribution < -0.4 is 14.8 Å². The molecular formula is C17H21NO2. The topological polar surface area (TPSA) is 30.5 Å². The Labute approximate surface area is 120 Å². The smallest absolute Gasteiger partial charge is 0.123 e. The molecule has 0 aliphatic heterocycles. The molecule has 0 saturated carbocycles. The van der Waals surface area contributed by atoms with Crippen LogP contribution in [0.5, 0.6) is 11.5 Å². The fourth-order valence-corrected chi connectivity index (χ4v) is 1.93. The number of rotatable bonds is 8. The number of ether oxygens (including phenoxy) is 2. The number of para-hydroxylation sites is 2. The zero-order chi connectivity index (χ0) is 14.0. The van der Waals surface area contributed by atoms with Crippen LogP contribution in [0.2, 0.25) is 0 Å². The highest BCUT2D eigenvalue weighted by Crippen LogP contribution is 2.17. The SMILES string of the molecule is CNCc1ccccc1OCCCOc1ccccc1. The third-order valence-electron chi connectivity index (χ3n) is 2.90. The molecule has 20 heavy (non-hydrogen) atoms. The Morgan fingerprint density at radius 2 is 1.55 bits per heavy atom. The molecule has 0 radical (unpaired) electrons. The average molecular weight is 271 g/mol. The molecular weight excluding hydrogens is 250 g/mol. The van der Waals surface area contributed by atoms with E-state index < -0.39 is 0 Å². The minimum absolute atomic E-state index is 0.660. The van der Waals surface area contributed by atoms with Crippen molar-refractivity contribution in [2.45, 2.75) is 13.0 Å². The number of hydrogen-bond acceptors (Lipinski definition) is 3.